The van der Waals surface area contributed by atoms with Crippen LogP contribution in [0, 0.1) is 13.8 Å². The van der Waals surface area contributed by atoms with Crippen molar-refractivity contribution >= 4 is 22.8 Å². The monoisotopic (exact) mass is 535 g/mol. The smallest absolute Gasteiger partial charge is 0.449 e. The number of fused-ring (bicyclic) bond motifs is 1. The summed E-state index contributed by atoms with van der Waals surface area (Å²) in [6, 6.07) is 13.2. The Morgan fingerprint density at radius 1 is 1.03 bits per heavy atom. The van der Waals surface area contributed by atoms with Gasteiger partial charge < -0.3 is 18.6 Å². The van der Waals surface area contributed by atoms with E-state index in [1.807, 2.05) is 0 Å². The molecule has 12 heteroatoms. The molecule has 0 unspecified atom stereocenters. The summed E-state index contributed by atoms with van der Waals surface area (Å²) < 4.78 is 77.4. The largest absolute Gasteiger partial charge is 0.453 e. The Hall–Kier alpha value is -4.22. The van der Waals surface area contributed by atoms with E-state index in [2.05, 4.69) is 9.72 Å². The molecule has 0 fully saturated rings. The summed E-state index contributed by atoms with van der Waals surface area (Å²) in [5.74, 6) is -2.87. The number of aromatic nitrogens is 3. The first-order valence-electron chi connectivity index (χ1n) is 11.4. The van der Waals surface area contributed by atoms with E-state index in [-0.39, 0.29) is 22.3 Å². The minimum Gasteiger partial charge on any atom is -0.453 e. The van der Waals surface area contributed by atoms with Crippen LogP contribution in [0.5, 0.6) is 5.75 Å². The number of carbonyl (C=O) groups is 2. The number of imidazole rings is 1. The third-order valence-corrected chi connectivity index (χ3v) is 5.89. The Balaban J connectivity index is 1.52. The number of rotatable bonds is 8. The standard InChI is InChI=1S/C26H22F5N3O4/c1-14-12-19(15(2)34(14)17-8-10-18(11-9-17)38-25(27)28)23(36)16(3)37-22(35)13-33-21-7-5-4-6-20(21)32-24(33)26(29,30)31/h4-12,16,25H,13H2,1-3H3/t16-/m1/s1. The fourth-order valence-corrected chi connectivity index (χ4v) is 4.27. The Bertz CT molecular complexity index is 1490. The zero-order chi connectivity index (χ0) is 27.8. The van der Waals surface area contributed by atoms with Crippen molar-refractivity contribution in [2.45, 2.75) is 46.2 Å². The van der Waals surface area contributed by atoms with Crippen molar-refractivity contribution in [3.63, 3.8) is 0 Å². The summed E-state index contributed by atoms with van der Waals surface area (Å²) >= 11 is 0. The maximum Gasteiger partial charge on any atom is 0.449 e. The predicted octanol–water partition coefficient (Wildman–Crippen LogP) is 5.88. The number of esters is 1. The molecule has 0 aliphatic carbocycles. The number of aryl methyl sites for hydroxylation is 1. The van der Waals surface area contributed by atoms with E-state index in [1.54, 1.807) is 36.6 Å². The average Bonchev–Trinajstić information content (AvgIpc) is 3.35. The molecule has 2 aromatic carbocycles. The molecular weight excluding hydrogens is 513 g/mol. The number of Topliss-reactive ketones (excluding diaryl/α,β-unsaturated/α-hetero) is 1. The maximum absolute atomic E-state index is 13.5. The highest BCUT2D eigenvalue weighted by atomic mass is 19.4. The van der Waals surface area contributed by atoms with Crippen molar-refractivity contribution in [3.05, 3.63) is 77.4 Å². The number of nitrogens with zero attached hydrogens (tertiary/aromatic N) is 3. The van der Waals surface area contributed by atoms with Gasteiger partial charge in [-0.3, -0.25) is 9.59 Å². The normalized spacial score (nSPS) is 12.7. The van der Waals surface area contributed by atoms with Gasteiger partial charge in [-0.15, -0.1) is 0 Å². The van der Waals surface area contributed by atoms with Gasteiger partial charge in [-0.25, -0.2) is 4.98 Å². The number of ether oxygens (including phenoxy) is 2. The number of para-hydroxylation sites is 2. The molecule has 0 saturated heterocycles. The lowest BCUT2D eigenvalue weighted by molar-refractivity contribution is -0.152. The maximum atomic E-state index is 13.5. The van der Waals surface area contributed by atoms with Crippen molar-refractivity contribution in [1.29, 1.82) is 0 Å². The molecule has 38 heavy (non-hydrogen) atoms. The molecular formula is C26H22F5N3O4. The third kappa shape index (κ3) is 5.38. The van der Waals surface area contributed by atoms with Gasteiger partial charge in [0.05, 0.1) is 11.0 Å². The molecule has 1 atom stereocenters. The number of carbonyl (C=O) groups excluding carboxylic acids is 2. The van der Waals surface area contributed by atoms with Crippen molar-refractivity contribution in [1.82, 2.24) is 14.1 Å². The van der Waals surface area contributed by atoms with Crippen LogP contribution in [-0.4, -0.2) is 38.6 Å². The van der Waals surface area contributed by atoms with Crippen LogP contribution in [0.1, 0.15) is 34.5 Å². The van der Waals surface area contributed by atoms with Gasteiger partial charge in [0.15, 0.2) is 6.10 Å². The molecule has 4 aromatic rings. The topological polar surface area (TPSA) is 75.4 Å². The lowest BCUT2D eigenvalue weighted by Crippen LogP contribution is -2.28. The second kappa shape index (κ2) is 10.3. The molecule has 0 spiro atoms. The molecule has 0 bridgehead atoms. The summed E-state index contributed by atoms with van der Waals surface area (Å²) in [5.41, 5.74) is 2.13. The molecule has 0 aliphatic heterocycles. The highest BCUT2D eigenvalue weighted by Crippen LogP contribution is 2.31. The second-order valence-electron chi connectivity index (χ2n) is 8.50. The predicted molar refractivity (Wildman–Crippen MR) is 126 cm³/mol. The van der Waals surface area contributed by atoms with Gasteiger partial charge in [-0.05, 0) is 63.2 Å². The van der Waals surface area contributed by atoms with Crippen LogP contribution in [0.3, 0.4) is 0 Å². The number of alkyl halides is 5. The highest BCUT2D eigenvalue weighted by Gasteiger charge is 2.38. The summed E-state index contributed by atoms with van der Waals surface area (Å²) in [5, 5.41) is 0. The summed E-state index contributed by atoms with van der Waals surface area (Å²) in [6.45, 7) is 0.966. The highest BCUT2D eigenvalue weighted by molar-refractivity contribution is 6.01. The molecule has 0 saturated carbocycles. The number of halogens is 5. The van der Waals surface area contributed by atoms with Crippen molar-refractivity contribution in [2.75, 3.05) is 0 Å². The summed E-state index contributed by atoms with van der Waals surface area (Å²) in [6.07, 6.45) is -6.09. The van der Waals surface area contributed by atoms with E-state index in [9.17, 15) is 31.5 Å². The molecule has 0 aliphatic rings. The van der Waals surface area contributed by atoms with Gasteiger partial charge in [-0.1, -0.05) is 12.1 Å². The fraction of sp³-hybridized carbons (Fsp3) is 0.269. The summed E-state index contributed by atoms with van der Waals surface area (Å²) in [7, 11) is 0. The van der Waals surface area contributed by atoms with Crippen molar-refractivity contribution in [2.24, 2.45) is 0 Å². The van der Waals surface area contributed by atoms with E-state index < -0.39 is 43.0 Å². The van der Waals surface area contributed by atoms with Crippen molar-refractivity contribution < 1.29 is 41.0 Å². The molecule has 0 amide bonds. The Labute approximate surface area is 213 Å². The lowest BCUT2D eigenvalue weighted by atomic mass is 10.1. The van der Waals surface area contributed by atoms with Gasteiger partial charge in [0.1, 0.15) is 12.3 Å². The van der Waals surface area contributed by atoms with Crippen LogP contribution < -0.4 is 4.74 Å². The van der Waals surface area contributed by atoms with Gasteiger partial charge in [0.25, 0.3) is 0 Å². The lowest BCUT2D eigenvalue weighted by Gasteiger charge is -2.15. The van der Waals surface area contributed by atoms with Crippen LogP contribution in [0.15, 0.2) is 54.6 Å². The van der Waals surface area contributed by atoms with E-state index in [1.165, 1.54) is 43.3 Å². The average molecular weight is 535 g/mol. The van der Waals surface area contributed by atoms with Crippen LogP contribution in [0.2, 0.25) is 0 Å². The first-order valence-corrected chi connectivity index (χ1v) is 11.4. The van der Waals surface area contributed by atoms with Gasteiger partial charge in [0, 0.05) is 22.6 Å². The Morgan fingerprint density at radius 2 is 1.68 bits per heavy atom. The molecule has 7 nitrogen and oxygen atoms in total. The number of benzene rings is 2. The van der Waals surface area contributed by atoms with E-state index in [0.29, 0.717) is 21.6 Å². The molecule has 0 N–H and O–H groups in total. The number of hydrogen-bond donors (Lipinski definition) is 0. The van der Waals surface area contributed by atoms with E-state index in [4.69, 9.17) is 4.74 Å². The second-order valence-corrected chi connectivity index (χ2v) is 8.50. The number of ketones is 1. The SMILES string of the molecule is Cc1cc(C(=O)[C@@H](C)OC(=O)Cn2c(C(F)(F)F)nc3ccccc32)c(C)n1-c1ccc(OC(F)F)cc1. The molecule has 200 valence electrons. The van der Waals surface area contributed by atoms with Crippen LogP contribution in [-0.2, 0) is 22.3 Å². The quantitative estimate of drug-likeness (QED) is 0.160. The zero-order valence-electron chi connectivity index (χ0n) is 20.4. The van der Waals surface area contributed by atoms with Crippen LogP contribution in [0.4, 0.5) is 22.0 Å². The first kappa shape index (κ1) is 26.8. The van der Waals surface area contributed by atoms with Crippen LogP contribution in [0.25, 0.3) is 16.7 Å². The van der Waals surface area contributed by atoms with Gasteiger partial charge in [0.2, 0.25) is 11.6 Å². The van der Waals surface area contributed by atoms with E-state index >= 15 is 0 Å². The Morgan fingerprint density at radius 3 is 2.32 bits per heavy atom. The van der Waals surface area contributed by atoms with Crippen LogP contribution >= 0.6 is 0 Å². The zero-order valence-corrected chi connectivity index (χ0v) is 20.4. The van der Waals surface area contributed by atoms with Gasteiger partial charge in [-0.2, -0.15) is 22.0 Å². The molecule has 2 heterocycles. The minimum absolute atomic E-state index is 0.0256. The minimum atomic E-state index is -4.80. The fourth-order valence-electron chi connectivity index (χ4n) is 4.27. The number of hydrogen-bond acceptors (Lipinski definition) is 5. The Kier molecular flexibility index (Phi) is 7.25. The molecule has 0 radical (unpaired) electrons. The first-order chi connectivity index (χ1) is 17.9. The van der Waals surface area contributed by atoms with E-state index in [0.717, 1.165) is 0 Å². The van der Waals surface area contributed by atoms with Crippen molar-refractivity contribution in [3.8, 4) is 11.4 Å². The molecule has 2 aromatic heterocycles. The van der Waals surface area contributed by atoms with Gasteiger partial charge >= 0.3 is 18.8 Å². The third-order valence-electron chi connectivity index (χ3n) is 5.89. The summed E-state index contributed by atoms with van der Waals surface area (Å²) in [4.78, 5) is 29.3. The molecule has 4 rings (SSSR count).